The van der Waals surface area contributed by atoms with E-state index in [-0.39, 0.29) is 0 Å². The Morgan fingerprint density at radius 1 is 0.650 bits per heavy atom. The van der Waals surface area contributed by atoms with E-state index in [1.165, 1.54) is 0 Å². The van der Waals surface area contributed by atoms with Gasteiger partial charge in [0.1, 0.15) is 0 Å². The van der Waals surface area contributed by atoms with Crippen molar-refractivity contribution in [2.24, 2.45) is 0 Å². The molecule has 1 rings (SSSR count). The molecule has 0 aromatic rings. The van der Waals surface area contributed by atoms with Gasteiger partial charge in [0.15, 0.2) is 0 Å². The maximum Gasteiger partial charge on any atom is 0.394 e. The van der Waals surface area contributed by atoms with Crippen LogP contribution in [-0.4, -0.2) is 39.7 Å². The third-order valence-electron chi connectivity index (χ3n) is 2.33. The van der Waals surface area contributed by atoms with E-state index in [1.54, 1.807) is 0 Å². The number of hydrogen-bond acceptors (Lipinski definition) is 1. The lowest BCUT2D eigenvalue weighted by molar-refractivity contribution is -0.391. The van der Waals surface area contributed by atoms with Crippen molar-refractivity contribution in [1.29, 1.82) is 0 Å². The van der Waals surface area contributed by atoms with Crippen molar-refractivity contribution in [3.8, 4) is 0 Å². The zero-order chi connectivity index (χ0) is 16.6. The first kappa shape index (κ1) is 17.7. The average molecular weight is 394 g/mol. The van der Waals surface area contributed by atoms with Crippen LogP contribution in [0.2, 0.25) is 0 Å². The Kier molecular flexibility index (Phi) is 3.41. The summed E-state index contributed by atoms with van der Waals surface area (Å²) in [4.78, 5) is -9.40. The second kappa shape index (κ2) is 3.87. The molecule has 1 aliphatic heterocycles. The zero-order valence-electron chi connectivity index (χ0n) is 8.36. The molecule has 0 saturated carbocycles. The largest absolute Gasteiger partial charge is 0.394 e. The van der Waals surface area contributed by atoms with Crippen LogP contribution in [0, 0.1) is 0 Å². The molecular weight excluding hydrogens is 394 g/mol. The first-order valence-corrected chi connectivity index (χ1v) is 4.92. The van der Waals surface area contributed by atoms with Crippen molar-refractivity contribution in [2.45, 2.75) is 34.8 Å². The van der Waals surface area contributed by atoms with Gasteiger partial charge in [-0.2, -0.15) is 52.7 Å². The lowest BCUT2D eigenvalue weighted by Gasteiger charge is -2.36. The van der Waals surface area contributed by atoms with Gasteiger partial charge >= 0.3 is 34.8 Å². The van der Waals surface area contributed by atoms with Crippen molar-refractivity contribution in [1.82, 2.24) is 4.90 Å². The van der Waals surface area contributed by atoms with Crippen LogP contribution in [0.1, 0.15) is 0 Å². The summed E-state index contributed by atoms with van der Waals surface area (Å²) < 4.78 is 152. The second-order valence-electron chi connectivity index (χ2n) is 3.61. The molecule has 120 valence electrons. The molecule has 1 aliphatic rings. The molecule has 0 N–H and O–H groups in total. The summed E-state index contributed by atoms with van der Waals surface area (Å²) in [6.07, 6.45) is 0. The number of hydrogen-bond donors (Lipinski definition) is 0. The number of alkyl halides is 13. The summed E-state index contributed by atoms with van der Waals surface area (Å²) in [6, 6.07) is -20.6. The Bertz CT molecular complexity index is 385. The zero-order valence-corrected chi connectivity index (χ0v) is 9.95. The topological polar surface area (TPSA) is 3.24 Å². The minimum absolute atomic E-state index is 0.707. The van der Waals surface area contributed by atoms with Crippen molar-refractivity contribution < 1.29 is 52.7 Å². The van der Waals surface area contributed by atoms with E-state index in [1.807, 2.05) is 0 Å². The second-order valence-corrected chi connectivity index (χ2v) is 4.60. The third kappa shape index (κ3) is 1.69. The van der Waals surface area contributed by atoms with E-state index in [0.717, 1.165) is 0 Å². The number of nitrogens with zero attached hydrogens (tertiary/aromatic N) is 1. The smallest absolute Gasteiger partial charge is 0.191 e. The fourth-order valence-corrected chi connectivity index (χ4v) is 1.49. The molecule has 0 bridgehead atoms. The van der Waals surface area contributed by atoms with Crippen LogP contribution in [-0.2, 0) is 0 Å². The Labute approximate surface area is 109 Å². The highest BCUT2D eigenvalue weighted by atomic mass is 79.9. The van der Waals surface area contributed by atoms with Crippen LogP contribution in [0.4, 0.5) is 52.7 Å². The van der Waals surface area contributed by atoms with Gasteiger partial charge in [-0.1, -0.05) is 0 Å². The van der Waals surface area contributed by atoms with E-state index < -0.39 is 39.7 Å². The Morgan fingerprint density at radius 3 is 1.10 bits per heavy atom. The molecule has 1 nitrogen and oxygen atoms in total. The molecule has 1 heterocycles. The van der Waals surface area contributed by atoms with Gasteiger partial charge in [0.2, 0.25) is 0 Å². The SMILES string of the molecule is FC(F)(Br)C(F)(F)N1C(F)(F)C(F)(F)C(F)(F)C1(F)F. The maximum atomic E-state index is 12.8. The highest BCUT2D eigenvalue weighted by molar-refractivity contribution is 9.10. The number of halogens is 13. The predicted molar refractivity (Wildman–Crippen MR) is 40.4 cm³/mol. The molecule has 20 heavy (non-hydrogen) atoms. The van der Waals surface area contributed by atoms with Gasteiger partial charge in [0.25, 0.3) is 0 Å². The minimum Gasteiger partial charge on any atom is -0.191 e. The molecule has 0 spiro atoms. The summed E-state index contributed by atoms with van der Waals surface area (Å²) >= 11 is 0.707. The first-order chi connectivity index (χ1) is 8.37. The summed E-state index contributed by atoms with van der Waals surface area (Å²) in [5.74, 6) is -14.0. The van der Waals surface area contributed by atoms with Crippen LogP contribution in [0.25, 0.3) is 0 Å². The van der Waals surface area contributed by atoms with E-state index in [2.05, 4.69) is 0 Å². The molecular formula is C6BrF12N. The van der Waals surface area contributed by atoms with E-state index in [0.29, 0.717) is 15.9 Å². The molecule has 0 unspecified atom stereocenters. The Morgan fingerprint density at radius 2 is 0.900 bits per heavy atom. The maximum absolute atomic E-state index is 12.8. The molecule has 1 fully saturated rings. The quantitative estimate of drug-likeness (QED) is 0.383. The summed E-state index contributed by atoms with van der Waals surface area (Å²) in [5, 5.41) is 0. The molecule has 1 saturated heterocycles. The van der Waals surface area contributed by atoms with Gasteiger partial charge in [-0.3, -0.25) is 0 Å². The van der Waals surface area contributed by atoms with E-state index in [9.17, 15) is 52.7 Å². The van der Waals surface area contributed by atoms with Crippen LogP contribution in [0.15, 0.2) is 0 Å². The van der Waals surface area contributed by atoms with Crippen LogP contribution >= 0.6 is 15.9 Å². The van der Waals surface area contributed by atoms with Crippen molar-refractivity contribution in [3.63, 3.8) is 0 Å². The lowest BCUT2D eigenvalue weighted by atomic mass is 10.2. The number of rotatable bonds is 2. The van der Waals surface area contributed by atoms with Gasteiger partial charge < -0.3 is 0 Å². The van der Waals surface area contributed by atoms with Gasteiger partial charge in [-0.25, -0.2) is 0 Å². The summed E-state index contributed by atoms with van der Waals surface area (Å²) in [7, 11) is 0. The molecule has 0 aliphatic carbocycles. The van der Waals surface area contributed by atoms with Gasteiger partial charge in [-0.05, 0) is 15.9 Å². The normalized spacial score (nSPS) is 28.6. The van der Waals surface area contributed by atoms with Crippen molar-refractivity contribution in [2.75, 3.05) is 0 Å². The highest BCUT2D eigenvalue weighted by Crippen LogP contribution is 2.66. The minimum atomic E-state index is -7.01. The molecule has 0 aromatic heterocycles. The van der Waals surface area contributed by atoms with Gasteiger partial charge in [0, 0.05) is 0 Å². The molecule has 14 heteroatoms. The summed E-state index contributed by atoms with van der Waals surface area (Å²) in [5.41, 5.74) is 0. The van der Waals surface area contributed by atoms with E-state index >= 15 is 0 Å². The number of likely N-dealkylation sites (tertiary alicyclic amines) is 1. The van der Waals surface area contributed by atoms with Gasteiger partial charge in [-0.15, -0.1) is 4.90 Å². The van der Waals surface area contributed by atoms with Gasteiger partial charge in [0.05, 0.1) is 0 Å². The Hall–Kier alpha value is -0.400. The molecule has 0 aromatic carbocycles. The first-order valence-electron chi connectivity index (χ1n) is 4.13. The van der Waals surface area contributed by atoms with Crippen LogP contribution < -0.4 is 0 Å². The van der Waals surface area contributed by atoms with Crippen molar-refractivity contribution in [3.05, 3.63) is 0 Å². The molecule has 0 atom stereocenters. The lowest BCUT2D eigenvalue weighted by Crippen LogP contribution is -2.63. The fourth-order valence-electron chi connectivity index (χ4n) is 1.31. The highest BCUT2D eigenvalue weighted by Gasteiger charge is 2.97. The average Bonchev–Trinajstić information content (AvgIpc) is 2.18. The third-order valence-corrected chi connectivity index (χ3v) is 2.81. The van der Waals surface area contributed by atoms with E-state index in [4.69, 9.17) is 0 Å². The molecule has 0 amide bonds. The Balaban J connectivity index is 3.64. The predicted octanol–water partition coefficient (Wildman–Crippen LogP) is 4.34. The summed E-state index contributed by atoms with van der Waals surface area (Å²) in [6.45, 7) is 0. The molecule has 0 radical (unpaired) electrons. The van der Waals surface area contributed by atoms with Crippen LogP contribution in [0.3, 0.4) is 0 Å². The standard InChI is InChI=1S/C6BrF12N/c7-3(12,13)6(18,19)20-4(14,15)1(8,9)2(10,11)5(20,16)17. The van der Waals surface area contributed by atoms with Crippen LogP contribution in [0.5, 0.6) is 0 Å². The van der Waals surface area contributed by atoms with Crippen molar-refractivity contribution >= 4 is 15.9 Å². The monoisotopic (exact) mass is 393 g/mol. The fraction of sp³-hybridized carbons (Fsp3) is 1.00.